The van der Waals surface area contributed by atoms with Crippen LogP contribution in [0.2, 0.25) is 0 Å². The molecular formula is C11H25N3O. The lowest BCUT2D eigenvalue weighted by atomic mass is 10.4. The zero-order chi connectivity index (χ0) is 11.5. The minimum atomic E-state index is 0.0939. The molecule has 0 aromatic heterocycles. The molecule has 0 atom stereocenters. The van der Waals surface area contributed by atoms with Crippen molar-refractivity contribution in [3.05, 3.63) is 0 Å². The number of amides is 1. The molecule has 0 spiro atoms. The fourth-order valence-corrected chi connectivity index (χ4v) is 1.31. The first-order valence-electron chi connectivity index (χ1n) is 5.94. The molecule has 0 aliphatic carbocycles. The van der Waals surface area contributed by atoms with Gasteiger partial charge in [-0.1, -0.05) is 20.8 Å². The molecule has 0 aliphatic heterocycles. The van der Waals surface area contributed by atoms with Crippen molar-refractivity contribution >= 4 is 5.91 Å². The third-order valence-corrected chi connectivity index (χ3v) is 2.36. The van der Waals surface area contributed by atoms with Crippen LogP contribution in [0, 0.1) is 0 Å². The second kappa shape index (κ2) is 9.93. The summed E-state index contributed by atoms with van der Waals surface area (Å²) in [6.45, 7) is 11.6. The second-order valence-electron chi connectivity index (χ2n) is 3.55. The van der Waals surface area contributed by atoms with Gasteiger partial charge in [-0.3, -0.25) is 4.79 Å². The minimum Gasteiger partial charge on any atom is -0.355 e. The quantitative estimate of drug-likeness (QED) is 0.549. The first-order chi connectivity index (χ1) is 7.24. The van der Waals surface area contributed by atoms with Gasteiger partial charge in [-0.05, 0) is 19.5 Å². The number of hydrogen-bond acceptors (Lipinski definition) is 3. The highest BCUT2D eigenvalue weighted by Crippen LogP contribution is 1.83. The molecule has 0 aliphatic rings. The van der Waals surface area contributed by atoms with Gasteiger partial charge < -0.3 is 15.5 Å². The monoisotopic (exact) mass is 215 g/mol. The zero-order valence-corrected chi connectivity index (χ0v) is 10.3. The van der Waals surface area contributed by atoms with Crippen molar-refractivity contribution in [2.75, 3.05) is 39.3 Å². The Kier molecular flexibility index (Phi) is 9.52. The van der Waals surface area contributed by atoms with Gasteiger partial charge in [0.2, 0.25) is 5.91 Å². The van der Waals surface area contributed by atoms with Crippen LogP contribution in [0.1, 0.15) is 27.2 Å². The molecule has 0 bridgehead atoms. The lowest BCUT2D eigenvalue weighted by Gasteiger charge is -2.17. The van der Waals surface area contributed by atoms with Gasteiger partial charge in [0.05, 0.1) is 6.54 Å². The Balaban J connectivity index is 3.33. The molecule has 0 saturated carbocycles. The van der Waals surface area contributed by atoms with Crippen molar-refractivity contribution in [2.45, 2.75) is 27.2 Å². The van der Waals surface area contributed by atoms with E-state index in [-0.39, 0.29) is 5.91 Å². The predicted octanol–water partition coefficient (Wildman–Crippen LogP) is 0.444. The van der Waals surface area contributed by atoms with Crippen LogP contribution in [0.5, 0.6) is 0 Å². The summed E-state index contributed by atoms with van der Waals surface area (Å²) in [5.41, 5.74) is 0. The Labute approximate surface area is 93.4 Å². The maximum atomic E-state index is 11.2. The van der Waals surface area contributed by atoms with Gasteiger partial charge in [0.25, 0.3) is 0 Å². The molecule has 0 fully saturated rings. The van der Waals surface area contributed by atoms with Crippen LogP contribution in [0.15, 0.2) is 0 Å². The van der Waals surface area contributed by atoms with E-state index in [1.807, 2.05) is 6.92 Å². The van der Waals surface area contributed by atoms with Crippen LogP contribution in [-0.2, 0) is 4.79 Å². The maximum Gasteiger partial charge on any atom is 0.233 e. The van der Waals surface area contributed by atoms with E-state index >= 15 is 0 Å². The van der Waals surface area contributed by atoms with Crippen LogP contribution in [0.4, 0.5) is 0 Å². The third-order valence-electron chi connectivity index (χ3n) is 2.36. The highest BCUT2D eigenvalue weighted by Gasteiger charge is 2.00. The highest BCUT2D eigenvalue weighted by atomic mass is 16.1. The molecule has 0 heterocycles. The van der Waals surface area contributed by atoms with Crippen molar-refractivity contribution in [3.8, 4) is 0 Å². The normalized spacial score (nSPS) is 10.7. The molecule has 4 heteroatoms. The third kappa shape index (κ3) is 8.39. The van der Waals surface area contributed by atoms with Crippen LogP contribution in [-0.4, -0.2) is 50.1 Å². The predicted molar refractivity (Wildman–Crippen MR) is 64.0 cm³/mol. The molecule has 0 rings (SSSR count). The second-order valence-corrected chi connectivity index (χ2v) is 3.55. The summed E-state index contributed by atoms with van der Waals surface area (Å²) in [7, 11) is 0. The molecular weight excluding hydrogens is 190 g/mol. The average Bonchev–Trinajstić information content (AvgIpc) is 2.26. The molecule has 4 nitrogen and oxygen atoms in total. The van der Waals surface area contributed by atoms with E-state index in [0.29, 0.717) is 6.54 Å². The summed E-state index contributed by atoms with van der Waals surface area (Å²) in [6, 6.07) is 0. The summed E-state index contributed by atoms with van der Waals surface area (Å²) in [4.78, 5) is 13.5. The highest BCUT2D eigenvalue weighted by molar-refractivity contribution is 5.77. The SMILES string of the molecule is CCCNC(=O)CNCCN(CC)CC. The molecule has 0 radical (unpaired) electrons. The number of nitrogens with zero attached hydrogens (tertiary/aromatic N) is 1. The fourth-order valence-electron chi connectivity index (χ4n) is 1.31. The largest absolute Gasteiger partial charge is 0.355 e. The van der Waals surface area contributed by atoms with E-state index in [4.69, 9.17) is 0 Å². The Morgan fingerprint density at radius 3 is 2.33 bits per heavy atom. The van der Waals surface area contributed by atoms with E-state index < -0.39 is 0 Å². The summed E-state index contributed by atoms with van der Waals surface area (Å²) in [6.07, 6.45) is 0.991. The molecule has 0 unspecified atom stereocenters. The molecule has 0 aromatic carbocycles. The molecule has 15 heavy (non-hydrogen) atoms. The van der Waals surface area contributed by atoms with Gasteiger partial charge in [0.1, 0.15) is 0 Å². The van der Waals surface area contributed by atoms with Gasteiger partial charge in [-0.15, -0.1) is 0 Å². The summed E-state index contributed by atoms with van der Waals surface area (Å²) in [5.74, 6) is 0.0939. The number of carbonyl (C=O) groups is 1. The molecule has 2 N–H and O–H groups in total. The van der Waals surface area contributed by atoms with Crippen LogP contribution in [0.25, 0.3) is 0 Å². The minimum absolute atomic E-state index is 0.0939. The molecule has 1 amide bonds. The van der Waals surface area contributed by atoms with Gasteiger partial charge >= 0.3 is 0 Å². The van der Waals surface area contributed by atoms with Crippen molar-refractivity contribution < 1.29 is 4.79 Å². The van der Waals surface area contributed by atoms with Crippen LogP contribution >= 0.6 is 0 Å². The summed E-state index contributed by atoms with van der Waals surface area (Å²) >= 11 is 0. The number of rotatable bonds is 9. The smallest absolute Gasteiger partial charge is 0.233 e. The van der Waals surface area contributed by atoms with Crippen molar-refractivity contribution in [3.63, 3.8) is 0 Å². The lowest BCUT2D eigenvalue weighted by Crippen LogP contribution is -2.38. The topological polar surface area (TPSA) is 44.4 Å². The first-order valence-corrected chi connectivity index (χ1v) is 5.94. The van der Waals surface area contributed by atoms with Gasteiger partial charge in [0, 0.05) is 19.6 Å². The molecule has 0 saturated heterocycles. The van der Waals surface area contributed by atoms with E-state index in [0.717, 1.165) is 39.1 Å². The number of likely N-dealkylation sites (N-methyl/N-ethyl adjacent to an activating group) is 1. The van der Waals surface area contributed by atoms with E-state index in [1.165, 1.54) is 0 Å². The van der Waals surface area contributed by atoms with Crippen molar-refractivity contribution in [2.24, 2.45) is 0 Å². The van der Waals surface area contributed by atoms with E-state index in [2.05, 4.69) is 29.4 Å². The summed E-state index contributed by atoms with van der Waals surface area (Å²) in [5, 5.41) is 5.97. The fraction of sp³-hybridized carbons (Fsp3) is 0.909. The van der Waals surface area contributed by atoms with E-state index in [9.17, 15) is 4.79 Å². The number of nitrogens with one attached hydrogen (secondary N) is 2. The van der Waals surface area contributed by atoms with Crippen molar-refractivity contribution in [1.29, 1.82) is 0 Å². The molecule has 90 valence electrons. The lowest BCUT2D eigenvalue weighted by molar-refractivity contribution is -0.120. The van der Waals surface area contributed by atoms with Gasteiger partial charge in [-0.2, -0.15) is 0 Å². The van der Waals surface area contributed by atoms with Gasteiger partial charge in [-0.25, -0.2) is 0 Å². The first kappa shape index (κ1) is 14.4. The van der Waals surface area contributed by atoms with Crippen LogP contribution in [0.3, 0.4) is 0 Å². The maximum absolute atomic E-state index is 11.2. The Bertz CT molecular complexity index is 158. The molecule has 0 aromatic rings. The zero-order valence-electron chi connectivity index (χ0n) is 10.3. The van der Waals surface area contributed by atoms with Crippen molar-refractivity contribution in [1.82, 2.24) is 15.5 Å². The Hall–Kier alpha value is -0.610. The van der Waals surface area contributed by atoms with E-state index in [1.54, 1.807) is 0 Å². The number of hydrogen-bond donors (Lipinski definition) is 2. The van der Waals surface area contributed by atoms with Gasteiger partial charge in [0.15, 0.2) is 0 Å². The Morgan fingerprint density at radius 1 is 1.13 bits per heavy atom. The standard InChI is InChI=1S/C11H25N3O/c1-4-7-13-11(15)10-12-8-9-14(5-2)6-3/h12H,4-10H2,1-3H3,(H,13,15). The number of carbonyl (C=O) groups excluding carboxylic acids is 1. The van der Waals surface area contributed by atoms with Crippen LogP contribution < -0.4 is 10.6 Å². The summed E-state index contributed by atoms with van der Waals surface area (Å²) < 4.78 is 0. The Morgan fingerprint density at radius 2 is 1.80 bits per heavy atom. The average molecular weight is 215 g/mol.